The van der Waals surface area contributed by atoms with Crippen LogP contribution in [-0.2, 0) is 19.1 Å². The van der Waals surface area contributed by atoms with Gasteiger partial charge in [0.2, 0.25) is 5.91 Å². The van der Waals surface area contributed by atoms with Crippen LogP contribution in [0.25, 0.3) is 0 Å². The minimum atomic E-state index is -0.431. The number of carbonyl (C=O) groups is 3. The molecular formula is C22H28N2O4S. The fraction of sp³-hybridized carbons (Fsp3) is 0.591. The maximum atomic E-state index is 12.7. The number of thioether (sulfide) groups is 1. The molecule has 6 nitrogen and oxygen atoms in total. The van der Waals surface area contributed by atoms with Crippen molar-refractivity contribution in [3.05, 3.63) is 24.3 Å². The molecule has 0 radical (unpaired) electrons. The summed E-state index contributed by atoms with van der Waals surface area (Å²) >= 11 is 1.52. The van der Waals surface area contributed by atoms with E-state index in [1.165, 1.54) is 37.4 Å². The summed E-state index contributed by atoms with van der Waals surface area (Å²) in [5.74, 6) is 0.474. The Morgan fingerprint density at radius 2 is 1.90 bits per heavy atom. The van der Waals surface area contributed by atoms with Crippen molar-refractivity contribution in [2.75, 3.05) is 30.3 Å². The fourth-order valence-corrected chi connectivity index (χ4v) is 5.77. The molecule has 0 unspecified atom stereocenters. The van der Waals surface area contributed by atoms with Crippen molar-refractivity contribution in [3.63, 3.8) is 0 Å². The van der Waals surface area contributed by atoms with Crippen LogP contribution in [0.5, 0.6) is 0 Å². The molecule has 1 aliphatic carbocycles. The number of carbonyl (C=O) groups excluding carboxylic acids is 3. The van der Waals surface area contributed by atoms with E-state index in [-0.39, 0.29) is 31.4 Å². The zero-order valence-electron chi connectivity index (χ0n) is 16.7. The van der Waals surface area contributed by atoms with Gasteiger partial charge < -0.3 is 14.5 Å². The minimum Gasteiger partial charge on any atom is -0.456 e. The molecule has 1 saturated carbocycles. The van der Waals surface area contributed by atoms with E-state index < -0.39 is 5.97 Å². The van der Waals surface area contributed by atoms with Gasteiger partial charge in [0.25, 0.3) is 5.91 Å². The second-order valence-corrected chi connectivity index (χ2v) is 9.07. The molecule has 0 aromatic heterocycles. The van der Waals surface area contributed by atoms with E-state index in [1.54, 1.807) is 4.90 Å². The number of hydrogen-bond donors (Lipinski definition) is 0. The lowest BCUT2D eigenvalue weighted by atomic mass is 9.78. The molecule has 1 saturated heterocycles. The van der Waals surface area contributed by atoms with Gasteiger partial charge >= 0.3 is 5.97 Å². The Balaban J connectivity index is 1.27. The zero-order valence-corrected chi connectivity index (χ0v) is 17.5. The molecule has 2 aliphatic heterocycles. The van der Waals surface area contributed by atoms with Gasteiger partial charge in [0.05, 0.1) is 17.9 Å². The van der Waals surface area contributed by atoms with E-state index >= 15 is 0 Å². The monoisotopic (exact) mass is 416 g/mol. The lowest BCUT2D eigenvalue weighted by molar-refractivity contribution is -0.154. The number of likely N-dealkylation sites (tertiary alicyclic amines) is 1. The zero-order chi connectivity index (χ0) is 20.2. The minimum absolute atomic E-state index is 0.00534. The summed E-state index contributed by atoms with van der Waals surface area (Å²) in [6, 6.07) is 8.03. The summed E-state index contributed by atoms with van der Waals surface area (Å²) in [7, 11) is 0. The fourth-order valence-electron chi connectivity index (χ4n) is 4.83. The molecule has 29 heavy (non-hydrogen) atoms. The molecule has 2 atom stereocenters. The topological polar surface area (TPSA) is 66.9 Å². The van der Waals surface area contributed by atoms with Crippen molar-refractivity contribution in [1.82, 2.24) is 4.90 Å². The lowest BCUT2D eigenvalue weighted by Gasteiger charge is -2.44. The maximum Gasteiger partial charge on any atom is 0.308 e. The van der Waals surface area contributed by atoms with Crippen LogP contribution >= 0.6 is 11.8 Å². The number of nitrogens with zero attached hydrogens (tertiary/aromatic N) is 2. The first kappa shape index (κ1) is 20.3. The van der Waals surface area contributed by atoms with Crippen LogP contribution in [0.3, 0.4) is 0 Å². The van der Waals surface area contributed by atoms with Gasteiger partial charge in [-0.2, -0.15) is 0 Å². The highest BCUT2D eigenvalue weighted by Gasteiger charge is 2.35. The molecule has 2 amide bonds. The summed E-state index contributed by atoms with van der Waals surface area (Å²) in [6.07, 6.45) is 7.04. The smallest absolute Gasteiger partial charge is 0.308 e. The summed E-state index contributed by atoms with van der Waals surface area (Å²) in [6.45, 7) is 0.856. The first-order chi connectivity index (χ1) is 14.1. The van der Waals surface area contributed by atoms with Crippen molar-refractivity contribution in [3.8, 4) is 0 Å². The van der Waals surface area contributed by atoms with E-state index in [2.05, 4.69) is 0 Å². The average Bonchev–Trinajstić information content (AvgIpc) is 2.76. The molecule has 156 valence electrons. The highest BCUT2D eigenvalue weighted by Crippen LogP contribution is 2.36. The Bertz CT molecular complexity index is 782. The Kier molecular flexibility index (Phi) is 6.43. The number of ether oxygens (including phenoxy) is 1. The van der Waals surface area contributed by atoms with Crippen LogP contribution in [0.1, 0.15) is 44.9 Å². The molecule has 1 aromatic rings. The number of fused-ring (bicyclic) bond motifs is 2. The van der Waals surface area contributed by atoms with Crippen LogP contribution in [0.2, 0.25) is 0 Å². The normalized spacial score (nSPS) is 23.9. The highest BCUT2D eigenvalue weighted by atomic mass is 32.2. The molecule has 0 spiro atoms. The SMILES string of the molecule is O=C(CCN1C(=O)CSc2ccccc21)OCC(=O)N1CCC[C@@H]2CCCC[C@H]21. The number of amides is 2. The van der Waals surface area contributed by atoms with E-state index in [9.17, 15) is 14.4 Å². The highest BCUT2D eigenvalue weighted by molar-refractivity contribution is 8.00. The summed E-state index contributed by atoms with van der Waals surface area (Å²) in [5.41, 5.74) is 0.842. The molecule has 7 heteroatoms. The predicted molar refractivity (Wildman–Crippen MR) is 112 cm³/mol. The van der Waals surface area contributed by atoms with Crippen molar-refractivity contribution in [1.29, 1.82) is 0 Å². The van der Waals surface area contributed by atoms with Crippen LogP contribution in [0.15, 0.2) is 29.2 Å². The van der Waals surface area contributed by atoms with Crippen LogP contribution in [0.4, 0.5) is 5.69 Å². The maximum absolute atomic E-state index is 12.7. The van der Waals surface area contributed by atoms with Gasteiger partial charge in [-0.3, -0.25) is 14.4 Å². The second-order valence-electron chi connectivity index (χ2n) is 8.05. The van der Waals surface area contributed by atoms with E-state index in [0.29, 0.717) is 17.7 Å². The summed E-state index contributed by atoms with van der Waals surface area (Å²) in [4.78, 5) is 41.8. The Hall–Kier alpha value is -2.02. The van der Waals surface area contributed by atoms with Crippen molar-refractivity contribution < 1.29 is 19.1 Å². The van der Waals surface area contributed by atoms with Gasteiger partial charge in [-0.05, 0) is 43.7 Å². The van der Waals surface area contributed by atoms with Gasteiger partial charge in [0, 0.05) is 24.0 Å². The number of rotatable bonds is 5. The standard InChI is InChI=1S/C22H28N2O4S/c25-20(23-12-5-7-16-6-1-2-8-17(16)23)14-28-22(27)11-13-24-18-9-3-4-10-19(18)29-15-21(24)26/h3-4,9-10,16-17H,1-2,5-8,11-15H2/t16-,17+/m0/s1. The van der Waals surface area contributed by atoms with Gasteiger partial charge in [0.1, 0.15) is 0 Å². The molecule has 4 rings (SSSR count). The average molecular weight is 417 g/mol. The van der Waals surface area contributed by atoms with Gasteiger partial charge in [-0.25, -0.2) is 0 Å². The third kappa shape index (κ3) is 4.60. The third-order valence-corrected chi connectivity index (χ3v) is 7.32. The lowest BCUT2D eigenvalue weighted by Crippen LogP contribution is -2.50. The molecule has 1 aromatic carbocycles. The van der Waals surface area contributed by atoms with Crippen molar-refractivity contribution >= 4 is 35.2 Å². The quantitative estimate of drug-likeness (QED) is 0.690. The number of anilines is 1. The number of benzene rings is 1. The van der Waals surface area contributed by atoms with E-state index in [4.69, 9.17) is 4.74 Å². The van der Waals surface area contributed by atoms with Crippen molar-refractivity contribution in [2.45, 2.75) is 55.9 Å². The van der Waals surface area contributed by atoms with E-state index in [1.807, 2.05) is 29.2 Å². The number of piperidine rings is 1. The number of hydrogen-bond acceptors (Lipinski definition) is 5. The Morgan fingerprint density at radius 3 is 2.79 bits per heavy atom. The molecular weight excluding hydrogens is 388 g/mol. The summed E-state index contributed by atoms with van der Waals surface area (Å²) in [5, 5.41) is 0. The van der Waals surface area contributed by atoms with E-state index in [0.717, 1.165) is 30.0 Å². The van der Waals surface area contributed by atoms with Gasteiger partial charge in [-0.15, -0.1) is 11.8 Å². The number of para-hydroxylation sites is 1. The first-order valence-electron chi connectivity index (χ1n) is 10.6. The Morgan fingerprint density at radius 1 is 1.10 bits per heavy atom. The molecule has 0 bridgehead atoms. The van der Waals surface area contributed by atoms with Crippen molar-refractivity contribution in [2.24, 2.45) is 5.92 Å². The molecule has 2 heterocycles. The largest absolute Gasteiger partial charge is 0.456 e. The van der Waals surface area contributed by atoms with Crippen LogP contribution in [0, 0.1) is 5.92 Å². The number of esters is 1. The van der Waals surface area contributed by atoms with Gasteiger partial charge in [0.15, 0.2) is 6.61 Å². The summed E-state index contributed by atoms with van der Waals surface area (Å²) < 4.78 is 5.28. The molecule has 3 aliphatic rings. The predicted octanol–water partition coefficient (Wildman–Crippen LogP) is 3.24. The van der Waals surface area contributed by atoms with Crippen LogP contribution < -0.4 is 4.90 Å². The first-order valence-corrected chi connectivity index (χ1v) is 11.6. The molecule has 0 N–H and O–H groups in total. The van der Waals surface area contributed by atoms with Gasteiger partial charge in [-0.1, -0.05) is 25.0 Å². The Labute approximate surface area is 175 Å². The third-order valence-electron chi connectivity index (χ3n) is 6.27. The molecule has 2 fully saturated rings. The second kappa shape index (κ2) is 9.20. The van der Waals surface area contributed by atoms with Crippen LogP contribution in [-0.4, -0.2) is 54.2 Å².